The number of aryl methyl sites for hydroxylation is 1. The lowest BCUT2D eigenvalue weighted by Gasteiger charge is -2.08. The average molecular weight is 199 g/mol. The second-order valence-electron chi connectivity index (χ2n) is 3.30. The number of nitrogens with zero attached hydrogens (tertiary/aromatic N) is 1. The molecular weight excluding hydrogens is 192 g/mol. The summed E-state index contributed by atoms with van der Waals surface area (Å²) < 4.78 is 26.3. The van der Waals surface area contributed by atoms with E-state index in [0.29, 0.717) is 12.0 Å². The number of hydrogen-bond donors (Lipinski definition) is 0. The number of non-ortho nitro benzene ring substituents is 1. The molecule has 0 aliphatic heterocycles. The van der Waals surface area contributed by atoms with Gasteiger partial charge in [-0.25, -0.2) is 8.78 Å². The molecular formula is C9H7F2NO2. The summed E-state index contributed by atoms with van der Waals surface area (Å²) in [5.74, 6) is -2.90. The highest BCUT2D eigenvalue weighted by Crippen LogP contribution is 2.42. The second kappa shape index (κ2) is 2.73. The Hall–Kier alpha value is -1.52. The van der Waals surface area contributed by atoms with Crippen LogP contribution in [0.2, 0.25) is 0 Å². The smallest absolute Gasteiger partial charge is 0.258 e. The van der Waals surface area contributed by atoms with Crippen LogP contribution in [0.5, 0.6) is 0 Å². The topological polar surface area (TPSA) is 43.1 Å². The van der Waals surface area contributed by atoms with E-state index in [-0.39, 0.29) is 17.7 Å². The first-order valence-corrected chi connectivity index (χ1v) is 4.16. The molecule has 0 saturated heterocycles. The lowest BCUT2D eigenvalue weighted by atomic mass is 10.1. The van der Waals surface area contributed by atoms with E-state index in [0.717, 1.165) is 6.07 Å². The van der Waals surface area contributed by atoms with E-state index >= 15 is 0 Å². The molecule has 0 unspecified atom stereocenters. The van der Waals surface area contributed by atoms with Gasteiger partial charge in [0.15, 0.2) is 0 Å². The third-order valence-electron chi connectivity index (χ3n) is 2.41. The third kappa shape index (κ3) is 1.25. The van der Waals surface area contributed by atoms with Gasteiger partial charge in [-0.3, -0.25) is 10.1 Å². The largest absolute Gasteiger partial charge is 0.274 e. The molecule has 3 nitrogen and oxygen atoms in total. The van der Waals surface area contributed by atoms with E-state index in [2.05, 4.69) is 0 Å². The Balaban J connectivity index is 2.53. The zero-order valence-corrected chi connectivity index (χ0v) is 7.17. The van der Waals surface area contributed by atoms with Crippen molar-refractivity contribution in [2.45, 2.75) is 18.8 Å². The van der Waals surface area contributed by atoms with Gasteiger partial charge in [0.2, 0.25) is 0 Å². The van der Waals surface area contributed by atoms with Crippen LogP contribution in [0.15, 0.2) is 18.2 Å². The quantitative estimate of drug-likeness (QED) is 0.515. The standard InChI is InChI=1S/C9H7F2NO2/c10-9(11)4-3-6-1-2-7(12(13)14)5-8(6)9/h1-2,5H,3-4H2. The van der Waals surface area contributed by atoms with E-state index < -0.39 is 10.8 Å². The van der Waals surface area contributed by atoms with Gasteiger partial charge < -0.3 is 0 Å². The van der Waals surface area contributed by atoms with Gasteiger partial charge in [0, 0.05) is 24.1 Å². The van der Waals surface area contributed by atoms with Crippen molar-refractivity contribution in [1.82, 2.24) is 0 Å². The highest BCUT2D eigenvalue weighted by molar-refractivity contribution is 5.44. The fraction of sp³-hybridized carbons (Fsp3) is 0.333. The molecule has 0 bridgehead atoms. The monoisotopic (exact) mass is 199 g/mol. The first-order chi connectivity index (χ1) is 6.50. The Labute approximate surface area is 78.5 Å². The maximum atomic E-state index is 13.2. The molecule has 0 fully saturated rings. The lowest BCUT2D eigenvalue weighted by molar-refractivity contribution is -0.385. The zero-order valence-electron chi connectivity index (χ0n) is 7.17. The summed E-state index contributed by atoms with van der Waals surface area (Å²) in [7, 11) is 0. The molecule has 0 aromatic heterocycles. The van der Waals surface area contributed by atoms with E-state index in [9.17, 15) is 18.9 Å². The minimum absolute atomic E-state index is 0.188. The minimum Gasteiger partial charge on any atom is -0.258 e. The molecule has 0 N–H and O–H groups in total. The summed E-state index contributed by atoms with van der Waals surface area (Å²) in [6.07, 6.45) is 0.0455. The predicted molar refractivity (Wildman–Crippen MR) is 45.3 cm³/mol. The maximum absolute atomic E-state index is 13.2. The summed E-state index contributed by atoms with van der Waals surface area (Å²) in [6, 6.07) is 3.65. The molecule has 0 atom stereocenters. The molecule has 1 aromatic rings. The van der Waals surface area contributed by atoms with Crippen LogP contribution in [0.4, 0.5) is 14.5 Å². The van der Waals surface area contributed by atoms with Gasteiger partial charge in [-0.05, 0) is 12.0 Å². The molecule has 0 radical (unpaired) electrons. The molecule has 0 spiro atoms. The van der Waals surface area contributed by atoms with Crippen LogP contribution in [0.3, 0.4) is 0 Å². The summed E-state index contributed by atoms with van der Waals surface area (Å²) in [6.45, 7) is 0. The maximum Gasteiger partial charge on any atom is 0.274 e. The first-order valence-electron chi connectivity index (χ1n) is 4.16. The number of nitro benzene ring substituents is 1. The number of hydrogen-bond acceptors (Lipinski definition) is 2. The van der Waals surface area contributed by atoms with Gasteiger partial charge in [-0.1, -0.05) is 6.07 Å². The van der Waals surface area contributed by atoms with E-state index in [1.165, 1.54) is 12.1 Å². The second-order valence-corrected chi connectivity index (χ2v) is 3.30. The normalized spacial score (nSPS) is 17.9. The van der Waals surface area contributed by atoms with Crippen molar-refractivity contribution in [3.8, 4) is 0 Å². The minimum atomic E-state index is -2.90. The van der Waals surface area contributed by atoms with Crippen LogP contribution in [-0.2, 0) is 12.3 Å². The predicted octanol–water partition coefficient (Wildman–Crippen LogP) is 2.63. The molecule has 2 rings (SSSR count). The summed E-state index contributed by atoms with van der Waals surface area (Å²) in [5.41, 5.74) is 0.0534. The molecule has 0 heterocycles. The van der Waals surface area contributed by atoms with Crippen molar-refractivity contribution < 1.29 is 13.7 Å². The Morgan fingerprint density at radius 1 is 1.43 bits per heavy atom. The van der Waals surface area contributed by atoms with Crippen LogP contribution < -0.4 is 0 Å². The van der Waals surface area contributed by atoms with Gasteiger partial charge in [-0.15, -0.1) is 0 Å². The number of benzene rings is 1. The molecule has 1 aliphatic rings. The van der Waals surface area contributed by atoms with E-state index in [1.54, 1.807) is 0 Å². The summed E-state index contributed by atoms with van der Waals surface area (Å²) >= 11 is 0. The van der Waals surface area contributed by atoms with Gasteiger partial charge in [0.1, 0.15) is 0 Å². The number of alkyl halides is 2. The molecule has 1 aromatic carbocycles. The number of halogens is 2. The van der Waals surface area contributed by atoms with Crippen molar-refractivity contribution >= 4 is 5.69 Å². The highest BCUT2D eigenvalue weighted by atomic mass is 19.3. The van der Waals surface area contributed by atoms with Crippen LogP contribution in [0, 0.1) is 10.1 Å². The van der Waals surface area contributed by atoms with Gasteiger partial charge in [0.25, 0.3) is 11.6 Å². The van der Waals surface area contributed by atoms with Gasteiger partial charge >= 0.3 is 0 Å². The highest BCUT2D eigenvalue weighted by Gasteiger charge is 2.39. The van der Waals surface area contributed by atoms with Gasteiger partial charge in [0.05, 0.1) is 4.92 Å². The Morgan fingerprint density at radius 2 is 2.14 bits per heavy atom. The third-order valence-corrected chi connectivity index (χ3v) is 2.41. The molecule has 74 valence electrons. The fourth-order valence-corrected chi connectivity index (χ4v) is 1.66. The summed E-state index contributed by atoms with van der Waals surface area (Å²) in [4.78, 5) is 9.71. The zero-order chi connectivity index (χ0) is 10.3. The number of rotatable bonds is 1. The fourth-order valence-electron chi connectivity index (χ4n) is 1.66. The Bertz CT molecular complexity index is 404. The molecule has 5 heteroatoms. The number of nitro groups is 1. The van der Waals surface area contributed by atoms with E-state index in [1.807, 2.05) is 0 Å². The van der Waals surface area contributed by atoms with Crippen LogP contribution in [0.1, 0.15) is 17.5 Å². The van der Waals surface area contributed by atoms with Gasteiger partial charge in [-0.2, -0.15) is 0 Å². The van der Waals surface area contributed by atoms with Crippen molar-refractivity contribution in [1.29, 1.82) is 0 Å². The van der Waals surface area contributed by atoms with Crippen molar-refractivity contribution in [2.24, 2.45) is 0 Å². The Kier molecular flexibility index (Phi) is 1.77. The van der Waals surface area contributed by atoms with Crippen molar-refractivity contribution in [3.05, 3.63) is 39.4 Å². The van der Waals surface area contributed by atoms with E-state index in [4.69, 9.17) is 0 Å². The molecule has 0 saturated carbocycles. The van der Waals surface area contributed by atoms with Crippen LogP contribution in [-0.4, -0.2) is 4.92 Å². The van der Waals surface area contributed by atoms with Crippen LogP contribution in [0.25, 0.3) is 0 Å². The molecule has 14 heavy (non-hydrogen) atoms. The van der Waals surface area contributed by atoms with Crippen molar-refractivity contribution in [2.75, 3.05) is 0 Å². The molecule has 0 amide bonds. The molecule has 1 aliphatic carbocycles. The lowest BCUT2D eigenvalue weighted by Crippen LogP contribution is -2.07. The number of fused-ring (bicyclic) bond motifs is 1. The first kappa shape index (κ1) is 9.05. The SMILES string of the molecule is O=[N+]([O-])c1ccc2c(c1)C(F)(F)CC2. The van der Waals surface area contributed by atoms with Crippen molar-refractivity contribution in [3.63, 3.8) is 0 Å². The average Bonchev–Trinajstić information content (AvgIpc) is 2.42. The summed E-state index contributed by atoms with van der Waals surface area (Å²) in [5, 5.41) is 10.4. The Morgan fingerprint density at radius 3 is 2.79 bits per heavy atom. The van der Waals surface area contributed by atoms with Crippen LogP contribution >= 0.6 is 0 Å².